The Morgan fingerprint density at radius 1 is 1.11 bits per heavy atom. The van der Waals surface area contributed by atoms with Crippen LogP contribution in [-0.2, 0) is 16.3 Å². The highest BCUT2D eigenvalue weighted by atomic mass is 32.2. The fourth-order valence-corrected chi connectivity index (χ4v) is 7.60. The van der Waals surface area contributed by atoms with Gasteiger partial charge in [-0.3, -0.25) is 4.79 Å². The van der Waals surface area contributed by atoms with Gasteiger partial charge in [-0.2, -0.15) is 11.8 Å². The number of hydrogen-bond acceptors (Lipinski definition) is 4. The van der Waals surface area contributed by atoms with E-state index in [1.807, 2.05) is 17.5 Å². The maximum atomic E-state index is 13.1. The maximum Gasteiger partial charge on any atom is 0.232 e. The van der Waals surface area contributed by atoms with Crippen LogP contribution in [0.2, 0.25) is 0 Å². The summed E-state index contributed by atoms with van der Waals surface area (Å²) < 4.78 is 13.0. The number of hydrogen-bond donors (Lipinski definition) is 1. The molecule has 0 unspecified atom stereocenters. The van der Waals surface area contributed by atoms with Gasteiger partial charge in [0.1, 0.15) is 5.82 Å². The Morgan fingerprint density at radius 3 is 2.39 bits per heavy atom. The number of thioether (sulfide) groups is 1. The van der Waals surface area contributed by atoms with Gasteiger partial charge in [0.2, 0.25) is 5.91 Å². The van der Waals surface area contributed by atoms with Gasteiger partial charge in [0, 0.05) is 16.9 Å². The molecule has 1 amide bonds. The van der Waals surface area contributed by atoms with E-state index in [0.717, 1.165) is 64.9 Å². The lowest BCUT2D eigenvalue weighted by molar-refractivity contribution is -0.140. The molecule has 1 aromatic heterocycles. The van der Waals surface area contributed by atoms with Crippen molar-refractivity contribution in [2.45, 2.75) is 50.0 Å². The van der Waals surface area contributed by atoms with Gasteiger partial charge in [0.15, 0.2) is 5.13 Å². The second-order valence-electron chi connectivity index (χ2n) is 8.92. The number of amides is 1. The number of carbonyl (C=O) groups is 1. The standard InChI is InChI=1S/C22H25FN2OS2/c23-18-3-1-14(2-4-18)11-27-12-19-13-28-21(24-19)25-20(26)22-8-15-5-16(9-22)7-17(6-15)10-22/h1-4,13,15-17H,5-12H2,(H,24,25,26). The summed E-state index contributed by atoms with van der Waals surface area (Å²) >= 11 is 3.28. The molecule has 6 heteroatoms. The number of carbonyl (C=O) groups excluding carboxylic acids is 1. The zero-order valence-corrected chi connectivity index (χ0v) is 17.5. The van der Waals surface area contributed by atoms with E-state index in [2.05, 4.69) is 10.3 Å². The molecular formula is C22H25FN2OS2. The molecule has 4 aliphatic rings. The average Bonchev–Trinajstić information content (AvgIpc) is 3.09. The summed E-state index contributed by atoms with van der Waals surface area (Å²) in [7, 11) is 0. The number of benzene rings is 1. The second-order valence-corrected chi connectivity index (χ2v) is 10.8. The van der Waals surface area contributed by atoms with Crippen LogP contribution in [0.5, 0.6) is 0 Å². The summed E-state index contributed by atoms with van der Waals surface area (Å²) in [5.74, 6) is 3.94. The average molecular weight is 417 g/mol. The third kappa shape index (κ3) is 3.73. The van der Waals surface area contributed by atoms with Crippen molar-refractivity contribution in [3.63, 3.8) is 0 Å². The molecule has 2 aromatic rings. The van der Waals surface area contributed by atoms with Gasteiger partial charge in [-0.05, 0) is 74.0 Å². The van der Waals surface area contributed by atoms with Gasteiger partial charge in [0.25, 0.3) is 0 Å². The number of nitrogens with one attached hydrogen (secondary N) is 1. The molecule has 1 heterocycles. The molecule has 0 saturated heterocycles. The summed E-state index contributed by atoms with van der Waals surface area (Å²) in [4.78, 5) is 17.8. The first-order valence-electron chi connectivity index (χ1n) is 10.2. The van der Waals surface area contributed by atoms with Crippen molar-refractivity contribution in [3.8, 4) is 0 Å². The first-order chi connectivity index (χ1) is 13.6. The molecule has 28 heavy (non-hydrogen) atoms. The monoisotopic (exact) mass is 416 g/mol. The Balaban J connectivity index is 1.16. The summed E-state index contributed by atoms with van der Waals surface area (Å²) in [6, 6.07) is 6.63. The third-order valence-corrected chi connectivity index (χ3v) is 8.57. The second kappa shape index (κ2) is 7.45. The predicted molar refractivity (Wildman–Crippen MR) is 113 cm³/mol. The summed E-state index contributed by atoms with van der Waals surface area (Å²) in [6.45, 7) is 0. The molecule has 0 aliphatic heterocycles. The van der Waals surface area contributed by atoms with Crippen LogP contribution < -0.4 is 5.32 Å². The van der Waals surface area contributed by atoms with Crippen molar-refractivity contribution in [1.82, 2.24) is 4.98 Å². The van der Waals surface area contributed by atoms with Crippen LogP contribution in [0.4, 0.5) is 9.52 Å². The van der Waals surface area contributed by atoms with E-state index < -0.39 is 0 Å². The molecule has 0 radical (unpaired) electrons. The van der Waals surface area contributed by atoms with Crippen molar-refractivity contribution >= 4 is 34.1 Å². The van der Waals surface area contributed by atoms with Gasteiger partial charge in [0.05, 0.1) is 11.1 Å². The molecule has 1 N–H and O–H groups in total. The molecule has 4 saturated carbocycles. The SMILES string of the molecule is O=C(Nc1nc(CSCc2ccc(F)cc2)cs1)C12CC3CC(CC(C3)C1)C2. The van der Waals surface area contributed by atoms with E-state index in [4.69, 9.17) is 0 Å². The molecule has 4 bridgehead atoms. The van der Waals surface area contributed by atoms with Crippen LogP contribution in [0.25, 0.3) is 0 Å². The van der Waals surface area contributed by atoms with Gasteiger partial charge in [-0.1, -0.05) is 12.1 Å². The number of rotatable bonds is 6. The molecule has 148 valence electrons. The van der Waals surface area contributed by atoms with Crippen molar-refractivity contribution in [2.75, 3.05) is 5.32 Å². The first kappa shape index (κ1) is 18.6. The number of anilines is 1. The fraction of sp³-hybridized carbons (Fsp3) is 0.545. The Morgan fingerprint density at radius 2 is 1.75 bits per heavy atom. The zero-order chi connectivity index (χ0) is 19.1. The lowest BCUT2D eigenvalue weighted by atomic mass is 9.49. The van der Waals surface area contributed by atoms with Crippen LogP contribution in [0.1, 0.15) is 49.8 Å². The maximum absolute atomic E-state index is 13.1. The van der Waals surface area contributed by atoms with E-state index in [1.54, 1.807) is 11.8 Å². The summed E-state index contributed by atoms with van der Waals surface area (Å²) in [5, 5.41) is 5.92. The molecule has 1 aromatic carbocycles. The van der Waals surface area contributed by atoms with Crippen LogP contribution in [-0.4, -0.2) is 10.9 Å². The van der Waals surface area contributed by atoms with Crippen LogP contribution >= 0.6 is 23.1 Å². The molecule has 4 fully saturated rings. The van der Waals surface area contributed by atoms with Crippen LogP contribution in [0.15, 0.2) is 29.6 Å². The van der Waals surface area contributed by atoms with Crippen LogP contribution in [0, 0.1) is 29.0 Å². The topological polar surface area (TPSA) is 42.0 Å². The van der Waals surface area contributed by atoms with Gasteiger partial charge in [-0.15, -0.1) is 11.3 Å². The van der Waals surface area contributed by atoms with E-state index in [1.165, 1.54) is 42.7 Å². The lowest BCUT2D eigenvalue weighted by Crippen LogP contribution is -2.51. The highest BCUT2D eigenvalue weighted by Crippen LogP contribution is 2.60. The third-order valence-electron chi connectivity index (χ3n) is 6.72. The molecule has 4 aliphatic carbocycles. The van der Waals surface area contributed by atoms with Crippen LogP contribution in [0.3, 0.4) is 0 Å². The highest BCUT2D eigenvalue weighted by Gasteiger charge is 2.54. The normalized spacial score (nSPS) is 30.5. The smallest absolute Gasteiger partial charge is 0.232 e. The fourth-order valence-electron chi connectivity index (χ4n) is 5.90. The largest absolute Gasteiger partial charge is 0.301 e. The number of aromatic nitrogens is 1. The zero-order valence-electron chi connectivity index (χ0n) is 15.8. The van der Waals surface area contributed by atoms with Crippen molar-refractivity contribution in [3.05, 3.63) is 46.7 Å². The summed E-state index contributed by atoms with van der Waals surface area (Å²) in [5.41, 5.74) is 1.98. The Kier molecular flexibility index (Phi) is 4.95. The highest BCUT2D eigenvalue weighted by molar-refractivity contribution is 7.97. The molecule has 0 spiro atoms. The summed E-state index contributed by atoms with van der Waals surface area (Å²) in [6.07, 6.45) is 7.28. The Bertz CT molecular complexity index is 828. The molecular weight excluding hydrogens is 391 g/mol. The minimum Gasteiger partial charge on any atom is -0.301 e. The minimum absolute atomic E-state index is 0.127. The van der Waals surface area contributed by atoms with Crippen molar-refractivity contribution in [2.24, 2.45) is 23.2 Å². The Hall–Kier alpha value is -1.40. The van der Waals surface area contributed by atoms with Crippen molar-refractivity contribution < 1.29 is 9.18 Å². The van der Waals surface area contributed by atoms with E-state index in [9.17, 15) is 9.18 Å². The lowest BCUT2D eigenvalue weighted by Gasteiger charge is -2.55. The van der Waals surface area contributed by atoms with E-state index in [0.29, 0.717) is 0 Å². The minimum atomic E-state index is -0.201. The number of halogens is 1. The predicted octanol–water partition coefficient (Wildman–Crippen LogP) is 5.87. The van der Waals surface area contributed by atoms with Gasteiger partial charge in [-0.25, -0.2) is 9.37 Å². The Labute approximate surface area is 173 Å². The number of nitrogens with zero attached hydrogens (tertiary/aromatic N) is 1. The van der Waals surface area contributed by atoms with E-state index in [-0.39, 0.29) is 17.1 Å². The van der Waals surface area contributed by atoms with Gasteiger partial charge >= 0.3 is 0 Å². The number of thiazole rings is 1. The molecule has 3 nitrogen and oxygen atoms in total. The molecule has 6 rings (SSSR count). The molecule has 0 atom stereocenters. The first-order valence-corrected chi connectivity index (χ1v) is 12.2. The van der Waals surface area contributed by atoms with E-state index >= 15 is 0 Å². The van der Waals surface area contributed by atoms with Crippen molar-refractivity contribution in [1.29, 1.82) is 0 Å². The quantitative estimate of drug-likeness (QED) is 0.640. The van der Waals surface area contributed by atoms with Gasteiger partial charge < -0.3 is 5.32 Å².